The van der Waals surface area contributed by atoms with Crippen LogP contribution in [0.1, 0.15) is 12.8 Å². The van der Waals surface area contributed by atoms with Gasteiger partial charge in [0.15, 0.2) is 0 Å². The Hall–Kier alpha value is -1.92. The Bertz CT molecular complexity index is 534. The first-order valence-electron chi connectivity index (χ1n) is 5.04. The van der Waals surface area contributed by atoms with Crippen LogP contribution >= 0.6 is 0 Å². The molecule has 1 aromatic carbocycles. The van der Waals surface area contributed by atoms with Crippen molar-refractivity contribution in [1.82, 2.24) is 10.2 Å². The van der Waals surface area contributed by atoms with Crippen LogP contribution in [0, 0.1) is 0 Å². The van der Waals surface area contributed by atoms with Gasteiger partial charge in [-0.25, -0.2) is 0 Å². The normalized spacial score (nSPS) is 10.3. The summed E-state index contributed by atoms with van der Waals surface area (Å²) in [6.07, 6.45) is 0. The van der Waals surface area contributed by atoms with E-state index in [1.165, 1.54) is 0 Å². The maximum absolute atomic E-state index is 8.95. The Labute approximate surface area is 98.6 Å². The van der Waals surface area contributed by atoms with Crippen LogP contribution in [0.2, 0.25) is 0 Å². The minimum absolute atomic E-state index is 0.377. The van der Waals surface area contributed by atoms with E-state index in [9.17, 15) is 0 Å². The highest BCUT2D eigenvalue weighted by molar-refractivity contribution is 6.58. The molecule has 0 spiro atoms. The largest absolute Gasteiger partial charge is 0.488 e. The quantitative estimate of drug-likeness (QED) is 0.748. The molecule has 0 radical (unpaired) electrons. The van der Waals surface area contributed by atoms with Crippen LogP contribution < -0.4 is 5.46 Å². The molecule has 0 aliphatic heterocycles. The van der Waals surface area contributed by atoms with E-state index in [4.69, 9.17) is 14.5 Å². The highest BCUT2D eigenvalue weighted by Gasteiger charge is 2.12. The third-order valence-corrected chi connectivity index (χ3v) is 2.25. The van der Waals surface area contributed by atoms with E-state index in [-0.39, 0.29) is 0 Å². The van der Waals surface area contributed by atoms with Crippen molar-refractivity contribution in [3.05, 3.63) is 36.7 Å². The molecule has 0 fully saturated rings. The molecule has 0 saturated heterocycles. The van der Waals surface area contributed by atoms with Gasteiger partial charge < -0.3 is 14.5 Å². The van der Waals surface area contributed by atoms with E-state index in [0.29, 0.717) is 22.8 Å². The molecule has 2 N–H and O–H groups in total. The first-order chi connectivity index (χ1) is 8.08. The van der Waals surface area contributed by atoms with E-state index >= 15 is 0 Å². The summed E-state index contributed by atoms with van der Waals surface area (Å²) in [5.41, 5.74) is 1.83. The molecule has 2 rings (SSSR count). The first kappa shape index (κ1) is 11.6. The third kappa shape index (κ3) is 2.43. The summed E-state index contributed by atoms with van der Waals surface area (Å²) in [5, 5.41) is 25.6. The molecule has 0 amide bonds. The van der Waals surface area contributed by atoms with Gasteiger partial charge in [0.2, 0.25) is 11.8 Å². The summed E-state index contributed by atoms with van der Waals surface area (Å²) < 4.78 is 5.38. The van der Waals surface area contributed by atoms with Gasteiger partial charge in [-0.15, -0.1) is 10.2 Å². The van der Waals surface area contributed by atoms with Crippen molar-refractivity contribution in [1.29, 1.82) is 0 Å². The summed E-state index contributed by atoms with van der Waals surface area (Å²) >= 11 is 0. The molecule has 0 unspecified atom stereocenters. The number of hydrogen-bond acceptors (Lipinski definition) is 5. The Kier molecular flexibility index (Phi) is 3.08. The molecule has 0 aliphatic rings. The highest BCUT2D eigenvalue weighted by atomic mass is 16.4. The van der Waals surface area contributed by atoms with E-state index in [1.807, 2.05) is 0 Å². The van der Waals surface area contributed by atoms with E-state index in [2.05, 4.69) is 16.8 Å². The second-order valence-corrected chi connectivity index (χ2v) is 3.69. The first-order valence-corrected chi connectivity index (χ1v) is 5.04. The molecule has 0 atom stereocenters. The molecule has 0 bridgehead atoms. The fourth-order valence-corrected chi connectivity index (χ4v) is 1.31. The van der Waals surface area contributed by atoms with Crippen LogP contribution in [0.3, 0.4) is 0 Å². The number of hydrogen-bond donors (Lipinski definition) is 2. The van der Waals surface area contributed by atoms with Gasteiger partial charge in [-0.2, -0.15) is 0 Å². The smallest absolute Gasteiger partial charge is 0.423 e. The molecular formula is C11H11BN2O3. The van der Waals surface area contributed by atoms with Crippen molar-refractivity contribution in [2.24, 2.45) is 0 Å². The zero-order valence-corrected chi connectivity index (χ0v) is 9.29. The van der Waals surface area contributed by atoms with Crippen molar-refractivity contribution in [2.75, 3.05) is 0 Å². The fraction of sp³-hybridized carbons (Fsp3) is 0.0909. The second kappa shape index (κ2) is 4.53. The summed E-state index contributed by atoms with van der Waals surface area (Å²) in [5.74, 6) is 0.772. The molecule has 17 heavy (non-hydrogen) atoms. The molecule has 0 aliphatic carbocycles. The third-order valence-electron chi connectivity index (χ3n) is 2.25. The lowest BCUT2D eigenvalue weighted by Crippen LogP contribution is -2.29. The van der Waals surface area contributed by atoms with Gasteiger partial charge in [-0.1, -0.05) is 18.7 Å². The monoisotopic (exact) mass is 230 g/mol. The summed E-state index contributed by atoms with van der Waals surface area (Å²) in [6.45, 7) is 5.49. The van der Waals surface area contributed by atoms with Crippen molar-refractivity contribution < 1.29 is 14.5 Å². The van der Waals surface area contributed by atoms with Crippen molar-refractivity contribution >= 4 is 18.2 Å². The molecule has 1 aromatic heterocycles. The average Bonchev–Trinajstić information content (AvgIpc) is 2.78. The molecule has 2 aromatic rings. The maximum atomic E-state index is 8.95. The summed E-state index contributed by atoms with van der Waals surface area (Å²) in [6, 6.07) is 6.55. The van der Waals surface area contributed by atoms with Crippen LogP contribution in [0.4, 0.5) is 0 Å². The molecular weight excluding hydrogens is 219 g/mol. The predicted molar refractivity (Wildman–Crippen MR) is 64.3 cm³/mol. The Morgan fingerprint density at radius 3 is 2.35 bits per heavy atom. The molecule has 86 valence electrons. The van der Waals surface area contributed by atoms with Gasteiger partial charge in [0.25, 0.3) is 0 Å². The van der Waals surface area contributed by atoms with Crippen LogP contribution in [-0.2, 0) is 0 Å². The molecule has 5 nitrogen and oxygen atoms in total. The van der Waals surface area contributed by atoms with Crippen LogP contribution in [0.25, 0.3) is 17.0 Å². The fourth-order valence-electron chi connectivity index (χ4n) is 1.31. The molecule has 1 heterocycles. The lowest BCUT2D eigenvalue weighted by atomic mass is 9.80. The minimum Gasteiger partial charge on any atom is -0.423 e. The van der Waals surface area contributed by atoms with Crippen molar-refractivity contribution in [3.63, 3.8) is 0 Å². The average molecular weight is 230 g/mol. The van der Waals surface area contributed by atoms with Gasteiger partial charge in [0, 0.05) is 11.1 Å². The molecule has 0 saturated carbocycles. The number of allylic oxidation sites excluding steroid dienone is 1. The number of rotatable bonds is 3. The van der Waals surface area contributed by atoms with E-state index in [0.717, 1.165) is 5.56 Å². The summed E-state index contributed by atoms with van der Waals surface area (Å²) in [4.78, 5) is 0. The minimum atomic E-state index is -1.47. The van der Waals surface area contributed by atoms with Gasteiger partial charge in [0.05, 0.1) is 0 Å². The topological polar surface area (TPSA) is 79.4 Å². The number of aromatic nitrogens is 2. The Balaban J connectivity index is 2.30. The van der Waals surface area contributed by atoms with Gasteiger partial charge >= 0.3 is 7.12 Å². The number of nitrogens with zero attached hydrogens (tertiary/aromatic N) is 2. The zero-order chi connectivity index (χ0) is 12.4. The Morgan fingerprint density at radius 2 is 1.88 bits per heavy atom. The standard InChI is InChI=1S/C11H11BN2O3/c1-7(2)10-13-14-11(17-10)8-3-5-9(6-4-8)12(15)16/h3-6,15-16H,1H2,2H3. The maximum Gasteiger partial charge on any atom is 0.488 e. The SMILES string of the molecule is C=C(C)c1nnc(-c2ccc(B(O)O)cc2)o1. The van der Waals surface area contributed by atoms with Gasteiger partial charge in [0.1, 0.15) is 0 Å². The molecule has 6 heteroatoms. The van der Waals surface area contributed by atoms with E-state index < -0.39 is 7.12 Å². The highest BCUT2D eigenvalue weighted by Crippen LogP contribution is 2.19. The van der Waals surface area contributed by atoms with Crippen molar-refractivity contribution in [2.45, 2.75) is 6.92 Å². The second-order valence-electron chi connectivity index (χ2n) is 3.69. The Morgan fingerprint density at radius 1 is 1.24 bits per heavy atom. The summed E-state index contributed by atoms with van der Waals surface area (Å²) in [7, 11) is -1.47. The van der Waals surface area contributed by atoms with E-state index in [1.54, 1.807) is 31.2 Å². The van der Waals surface area contributed by atoms with Gasteiger partial charge in [-0.05, 0) is 24.5 Å². The van der Waals surface area contributed by atoms with Crippen LogP contribution in [0.15, 0.2) is 35.3 Å². The van der Waals surface area contributed by atoms with Crippen molar-refractivity contribution in [3.8, 4) is 11.5 Å². The predicted octanol–water partition coefficient (Wildman–Crippen LogP) is 0.450. The zero-order valence-electron chi connectivity index (χ0n) is 9.29. The van der Waals surface area contributed by atoms with Gasteiger partial charge in [-0.3, -0.25) is 0 Å². The lowest BCUT2D eigenvalue weighted by molar-refractivity contribution is 0.426. The lowest BCUT2D eigenvalue weighted by Gasteiger charge is -1.99. The van der Waals surface area contributed by atoms with Crippen LogP contribution in [-0.4, -0.2) is 27.4 Å². The number of benzene rings is 1. The van der Waals surface area contributed by atoms with Crippen LogP contribution in [0.5, 0.6) is 0 Å².